The van der Waals surface area contributed by atoms with E-state index in [2.05, 4.69) is 6.08 Å². The molecule has 0 heterocycles. The Bertz CT molecular complexity index is 178. The van der Waals surface area contributed by atoms with Crippen LogP contribution in [0.5, 0.6) is 0 Å². The topological polar surface area (TPSA) is 47.7 Å². The predicted octanol–water partition coefficient (Wildman–Crippen LogP) is 2.79. The van der Waals surface area contributed by atoms with Crippen LogP contribution in [-0.2, 0) is 0 Å². The minimum absolute atomic E-state index is 0.622. The highest BCUT2D eigenvalue weighted by molar-refractivity contribution is 6.01. The van der Waals surface area contributed by atoms with Crippen molar-refractivity contribution in [1.29, 1.82) is 10.8 Å². The molecule has 0 aromatic heterocycles. The molecule has 0 radical (unpaired) electrons. The van der Waals surface area contributed by atoms with Crippen molar-refractivity contribution >= 4 is 12.4 Å². The summed E-state index contributed by atoms with van der Waals surface area (Å²) in [7, 11) is 0. The lowest BCUT2D eigenvalue weighted by Gasteiger charge is -2.18. The Morgan fingerprint density at radius 3 is 2.08 bits per heavy atom. The molecular weight excluding hydrogens is 148 g/mol. The van der Waals surface area contributed by atoms with E-state index in [0.717, 1.165) is 5.57 Å². The smallest absolute Gasteiger partial charge is 0.0262 e. The first-order valence-electron chi connectivity index (χ1n) is 4.59. The first kappa shape index (κ1) is 9.17. The van der Waals surface area contributed by atoms with Gasteiger partial charge in [-0.05, 0) is 18.8 Å². The molecule has 1 rings (SSSR count). The van der Waals surface area contributed by atoms with Crippen molar-refractivity contribution in [2.24, 2.45) is 5.92 Å². The number of rotatable bonds is 3. The van der Waals surface area contributed by atoms with E-state index >= 15 is 0 Å². The van der Waals surface area contributed by atoms with E-state index in [0.29, 0.717) is 5.92 Å². The minimum atomic E-state index is 0.622. The Morgan fingerprint density at radius 1 is 1.00 bits per heavy atom. The van der Waals surface area contributed by atoms with Crippen molar-refractivity contribution in [2.45, 2.75) is 32.1 Å². The van der Waals surface area contributed by atoms with E-state index in [1.807, 2.05) is 0 Å². The maximum Gasteiger partial charge on any atom is 0.0262 e. The SMILES string of the molecule is N=CC(C=N)=CC1CCCCC1. The van der Waals surface area contributed by atoms with Crippen molar-refractivity contribution in [3.63, 3.8) is 0 Å². The highest BCUT2D eigenvalue weighted by Gasteiger charge is 2.10. The van der Waals surface area contributed by atoms with Crippen LogP contribution in [0.25, 0.3) is 0 Å². The van der Waals surface area contributed by atoms with Gasteiger partial charge in [-0.1, -0.05) is 25.3 Å². The van der Waals surface area contributed by atoms with Gasteiger partial charge in [-0.15, -0.1) is 0 Å². The van der Waals surface area contributed by atoms with E-state index < -0.39 is 0 Å². The molecule has 2 heteroatoms. The van der Waals surface area contributed by atoms with Crippen molar-refractivity contribution in [1.82, 2.24) is 0 Å². The van der Waals surface area contributed by atoms with Crippen LogP contribution in [0, 0.1) is 16.7 Å². The van der Waals surface area contributed by atoms with Gasteiger partial charge in [0.15, 0.2) is 0 Å². The first-order valence-corrected chi connectivity index (χ1v) is 4.59. The van der Waals surface area contributed by atoms with Gasteiger partial charge >= 0.3 is 0 Å². The van der Waals surface area contributed by atoms with Crippen molar-refractivity contribution in [2.75, 3.05) is 0 Å². The average molecular weight is 164 g/mol. The molecule has 1 fully saturated rings. The predicted molar refractivity (Wildman–Crippen MR) is 52.2 cm³/mol. The molecular formula is C10H16N2. The summed E-state index contributed by atoms with van der Waals surface area (Å²) in [5.41, 5.74) is 0.752. The Balaban J connectivity index is 2.50. The lowest BCUT2D eigenvalue weighted by Crippen LogP contribution is -2.04. The molecule has 0 atom stereocenters. The molecule has 66 valence electrons. The molecule has 0 bridgehead atoms. The number of hydrogen-bond acceptors (Lipinski definition) is 2. The molecule has 0 aromatic rings. The second-order valence-electron chi connectivity index (χ2n) is 3.35. The van der Waals surface area contributed by atoms with Gasteiger partial charge in [0.1, 0.15) is 0 Å². The molecule has 0 spiro atoms. The van der Waals surface area contributed by atoms with Crippen molar-refractivity contribution < 1.29 is 0 Å². The van der Waals surface area contributed by atoms with Gasteiger partial charge in [-0.25, -0.2) is 0 Å². The fourth-order valence-corrected chi connectivity index (χ4v) is 1.71. The first-order chi connectivity index (χ1) is 5.86. The lowest BCUT2D eigenvalue weighted by molar-refractivity contribution is 0.419. The van der Waals surface area contributed by atoms with Crippen LogP contribution in [0.15, 0.2) is 11.6 Å². The quantitative estimate of drug-likeness (QED) is 0.603. The summed E-state index contributed by atoms with van der Waals surface area (Å²) in [6.45, 7) is 0. The molecule has 1 aliphatic carbocycles. The second kappa shape index (κ2) is 4.86. The van der Waals surface area contributed by atoms with E-state index in [4.69, 9.17) is 10.8 Å². The van der Waals surface area contributed by atoms with Gasteiger partial charge in [0.25, 0.3) is 0 Å². The molecule has 1 saturated carbocycles. The number of allylic oxidation sites excluding steroid dienone is 2. The zero-order valence-electron chi connectivity index (χ0n) is 7.34. The van der Waals surface area contributed by atoms with Crippen LogP contribution in [0.4, 0.5) is 0 Å². The van der Waals surface area contributed by atoms with E-state index in [-0.39, 0.29) is 0 Å². The molecule has 0 aromatic carbocycles. The summed E-state index contributed by atoms with van der Waals surface area (Å²) >= 11 is 0. The van der Waals surface area contributed by atoms with Gasteiger partial charge in [-0.3, -0.25) is 0 Å². The van der Waals surface area contributed by atoms with Crippen molar-refractivity contribution in [3.05, 3.63) is 11.6 Å². The summed E-state index contributed by atoms with van der Waals surface area (Å²) in [5.74, 6) is 0.622. The minimum Gasteiger partial charge on any atom is -0.308 e. The van der Waals surface area contributed by atoms with Crippen LogP contribution >= 0.6 is 0 Å². The van der Waals surface area contributed by atoms with E-state index in [9.17, 15) is 0 Å². The molecule has 0 aliphatic heterocycles. The van der Waals surface area contributed by atoms with Gasteiger partial charge in [0, 0.05) is 18.0 Å². The van der Waals surface area contributed by atoms with Crippen molar-refractivity contribution in [3.8, 4) is 0 Å². The van der Waals surface area contributed by atoms with Crippen LogP contribution < -0.4 is 0 Å². The molecule has 2 nitrogen and oxygen atoms in total. The molecule has 0 amide bonds. The third-order valence-electron chi connectivity index (χ3n) is 2.41. The maximum atomic E-state index is 7.03. The normalized spacial score (nSPS) is 18.3. The molecule has 2 N–H and O–H groups in total. The zero-order chi connectivity index (χ0) is 8.81. The van der Waals surface area contributed by atoms with Crippen LogP contribution in [0.3, 0.4) is 0 Å². The van der Waals surface area contributed by atoms with Crippen LogP contribution in [0.2, 0.25) is 0 Å². The van der Waals surface area contributed by atoms with Crippen LogP contribution in [-0.4, -0.2) is 12.4 Å². The standard InChI is InChI=1S/C10H16N2/c11-7-10(8-12)6-9-4-2-1-3-5-9/h6-9,11-12H,1-5H2. The fraction of sp³-hybridized carbons (Fsp3) is 0.600. The molecule has 0 unspecified atom stereocenters. The van der Waals surface area contributed by atoms with Gasteiger partial charge in [-0.2, -0.15) is 0 Å². The molecule has 12 heavy (non-hydrogen) atoms. The molecule has 1 aliphatic rings. The monoisotopic (exact) mass is 164 g/mol. The molecule has 0 saturated heterocycles. The highest BCUT2D eigenvalue weighted by Crippen LogP contribution is 2.24. The van der Waals surface area contributed by atoms with Crippen LogP contribution in [0.1, 0.15) is 32.1 Å². The van der Waals surface area contributed by atoms with E-state index in [1.165, 1.54) is 44.5 Å². The summed E-state index contributed by atoms with van der Waals surface area (Å²) < 4.78 is 0. The average Bonchev–Trinajstić information content (AvgIpc) is 2.16. The van der Waals surface area contributed by atoms with E-state index in [1.54, 1.807) is 0 Å². The van der Waals surface area contributed by atoms with Gasteiger partial charge < -0.3 is 10.8 Å². The number of nitrogens with one attached hydrogen (secondary N) is 2. The largest absolute Gasteiger partial charge is 0.308 e. The highest BCUT2D eigenvalue weighted by atomic mass is 14.4. The Kier molecular flexibility index (Phi) is 3.71. The summed E-state index contributed by atoms with van der Waals surface area (Å²) in [4.78, 5) is 0. The number of hydrogen-bond donors (Lipinski definition) is 2. The third-order valence-corrected chi connectivity index (χ3v) is 2.41. The summed E-state index contributed by atoms with van der Waals surface area (Å²) in [6, 6.07) is 0. The Hall–Kier alpha value is -0.920. The summed E-state index contributed by atoms with van der Waals surface area (Å²) in [5, 5.41) is 14.1. The fourth-order valence-electron chi connectivity index (χ4n) is 1.71. The lowest BCUT2D eigenvalue weighted by atomic mass is 9.88. The second-order valence-corrected chi connectivity index (χ2v) is 3.35. The Labute approximate surface area is 73.7 Å². The Morgan fingerprint density at radius 2 is 1.58 bits per heavy atom. The third kappa shape index (κ3) is 2.61. The van der Waals surface area contributed by atoms with Gasteiger partial charge in [0.05, 0.1) is 0 Å². The summed E-state index contributed by atoms with van der Waals surface area (Å²) in [6.07, 6.45) is 11.1. The van der Waals surface area contributed by atoms with Gasteiger partial charge in [0.2, 0.25) is 0 Å². The maximum absolute atomic E-state index is 7.03. The zero-order valence-corrected chi connectivity index (χ0v) is 7.34.